The average molecular weight is 499 g/mol. The van der Waals surface area contributed by atoms with Gasteiger partial charge in [0.15, 0.2) is 0 Å². The van der Waals surface area contributed by atoms with Gasteiger partial charge in [-0.2, -0.15) is 0 Å². The maximum atomic E-state index is 13.5. The molecule has 0 unspecified atom stereocenters. The van der Waals surface area contributed by atoms with Crippen LogP contribution in [0.2, 0.25) is 0 Å². The summed E-state index contributed by atoms with van der Waals surface area (Å²) in [5.41, 5.74) is 1.57. The third-order valence-electron chi connectivity index (χ3n) is 4.22. The highest BCUT2D eigenvalue weighted by molar-refractivity contribution is 6.25. The molecule has 1 aromatic heterocycles. The molecular weight excluding hydrogens is 455 g/mol. The van der Waals surface area contributed by atoms with Crippen LogP contribution < -0.4 is 10.9 Å². The first-order valence-electron chi connectivity index (χ1n) is 12.2. The molecule has 0 spiro atoms. The van der Waals surface area contributed by atoms with E-state index in [0.29, 0.717) is 17.9 Å². The number of hydrogen-bond donors (Lipinski definition) is 1. The van der Waals surface area contributed by atoms with Crippen LogP contribution in [0.4, 0.5) is 4.39 Å². The molecule has 1 saturated heterocycles. The molecule has 1 fully saturated rings. The van der Waals surface area contributed by atoms with Gasteiger partial charge in [0, 0.05) is 51.6 Å². The summed E-state index contributed by atoms with van der Waals surface area (Å²) in [6.07, 6.45) is 4.87. The number of hydrogen-bond acceptors (Lipinski definition) is 5. The van der Waals surface area contributed by atoms with Crippen molar-refractivity contribution in [3.63, 3.8) is 0 Å². The highest BCUT2D eigenvalue weighted by Gasteiger charge is 2.15. The number of piperazine rings is 1. The number of nitrogens with one attached hydrogen (secondary N) is 1. The third kappa shape index (κ3) is 12.4. The van der Waals surface area contributed by atoms with E-state index < -0.39 is 5.82 Å². The normalized spacial score (nSPS) is 13.1. The Bertz CT molecular complexity index is 877. The van der Waals surface area contributed by atoms with E-state index in [9.17, 15) is 9.18 Å². The Morgan fingerprint density at radius 1 is 1.12 bits per heavy atom. The van der Waals surface area contributed by atoms with Gasteiger partial charge in [-0.3, -0.25) is 14.3 Å². The highest BCUT2D eigenvalue weighted by Crippen LogP contribution is 2.12. The molecule has 0 atom stereocenters. The molecule has 1 aliphatic rings. The lowest BCUT2D eigenvalue weighted by Crippen LogP contribution is -2.43. The van der Waals surface area contributed by atoms with Crippen molar-refractivity contribution in [3.05, 3.63) is 57.9 Å². The summed E-state index contributed by atoms with van der Waals surface area (Å²) in [6.45, 7) is 18.9. The molecule has 0 amide bonds. The topological polar surface area (TPSA) is 59.4 Å². The number of ether oxygens (including phenoxy) is 1. The molecule has 194 valence electrons. The van der Waals surface area contributed by atoms with E-state index >= 15 is 0 Å². The molecule has 0 saturated carbocycles. The largest absolute Gasteiger partial charge is 0.385 e. The molecule has 34 heavy (non-hydrogen) atoms. The second kappa shape index (κ2) is 22.7. The minimum Gasteiger partial charge on any atom is -0.385 e. The van der Waals surface area contributed by atoms with Gasteiger partial charge < -0.3 is 10.1 Å². The van der Waals surface area contributed by atoms with Crippen molar-refractivity contribution >= 4 is 28.7 Å². The second-order valence-electron chi connectivity index (χ2n) is 6.13. The van der Waals surface area contributed by atoms with Crippen molar-refractivity contribution in [1.82, 2.24) is 19.8 Å². The highest BCUT2D eigenvalue weighted by atomic mass is 35.5. The third-order valence-corrected chi connectivity index (χ3v) is 4.36. The minimum atomic E-state index is -0.451. The number of allylic oxidation sites excluding steroid dienone is 2. The van der Waals surface area contributed by atoms with Crippen LogP contribution in [0.3, 0.4) is 0 Å². The van der Waals surface area contributed by atoms with Crippen LogP contribution in [0, 0.1) is 5.82 Å². The van der Waals surface area contributed by atoms with E-state index in [1.165, 1.54) is 22.2 Å². The zero-order valence-electron chi connectivity index (χ0n) is 22.2. The Kier molecular flexibility index (Phi) is 22.8. The van der Waals surface area contributed by atoms with Crippen LogP contribution in [0.25, 0.3) is 17.1 Å². The summed E-state index contributed by atoms with van der Waals surface area (Å²) < 4.78 is 19.5. The van der Waals surface area contributed by atoms with Crippen LogP contribution in [0.5, 0.6) is 0 Å². The molecule has 3 rings (SSSR count). The van der Waals surface area contributed by atoms with Crippen LogP contribution >= 0.6 is 11.6 Å². The zero-order valence-corrected chi connectivity index (χ0v) is 23.0. The Labute approximate surface area is 210 Å². The Hall–Kier alpha value is -2.06. The van der Waals surface area contributed by atoms with Gasteiger partial charge in [0.05, 0.1) is 17.4 Å². The Balaban J connectivity index is 0. The number of rotatable bonds is 5. The van der Waals surface area contributed by atoms with Crippen molar-refractivity contribution in [2.24, 2.45) is 0 Å². The second-order valence-corrected chi connectivity index (χ2v) is 6.38. The molecule has 1 aromatic carbocycles. The molecule has 6 nitrogen and oxygen atoms in total. The van der Waals surface area contributed by atoms with Crippen molar-refractivity contribution in [2.75, 3.05) is 39.9 Å². The first-order valence-corrected chi connectivity index (χ1v) is 12.6. The first kappa shape index (κ1) is 34.1. The molecule has 2 heterocycles. The number of halogens is 2. The van der Waals surface area contributed by atoms with E-state index in [2.05, 4.69) is 19.9 Å². The van der Waals surface area contributed by atoms with Gasteiger partial charge in [-0.15, -0.1) is 0 Å². The minimum absolute atomic E-state index is 0.263. The standard InChI is InChI=1S/C17H18ClFN4O.C3H8O.3C2H6/c18-5-1-2-8-23-16(12-22-9-6-20-7-10-22)21-15-4-3-13(19)11-14(15)17(23)24;1-3-4-2;3*1-2/h1-5,8,11,20H,6-7,9-10,12H2;3H2,1-2H3;3*1-2H3/b5-1+,8-2+;;;;. The summed E-state index contributed by atoms with van der Waals surface area (Å²) in [5.74, 6) is 0.174. The fraction of sp³-hybridized carbons (Fsp3) is 0.538. The number of fused-ring (bicyclic) bond motifs is 1. The van der Waals surface area contributed by atoms with E-state index in [1.807, 2.05) is 48.5 Å². The van der Waals surface area contributed by atoms with Crippen LogP contribution in [0.15, 0.2) is 40.7 Å². The average Bonchev–Trinajstić information content (AvgIpc) is 2.90. The lowest BCUT2D eigenvalue weighted by atomic mass is 10.2. The fourth-order valence-electron chi connectivity index (χ4n) is 2.73. The number of aromatic nitrogens is 2. The van der Waals surface area contributed by atoms with Gasteiger partial charge in [0.25, 0.3) is 5.56 Å². The summed E-state index contributed by atoms with van der Waals surface area (Å²) in [7, 11) is 1.68. The first-order chi connectivity index (χ1) is 16.6. The summed E-state index contributed by atoms with van der Waals surface area (Å²) in [6, 6.07) is 4.08. The maximum Gasteiger partial charge on any atom is 0.265 e. The summed E-state index contributed by atoms with van der Waals surface area (Å²) in [4.78, 5) is 19.6. The molecular formula is C26H44ClFN4O2. The van der Waals surface area contributed by atoms with Crippen molar-refractivity contribution in [3.8, 4) is 0 Å². The van der Waals surface area contributed by atoms with Crippen LogP contribution in [0.1, 0.15) is 54.3 Å². The molecule has 8 heteroatoms. The molecule has 0 radical (unpaired) electrons. The molecule has 1 N–H and O–H groups in total. The number of nitrogens with zero attached hydrogens (tertiary/aromatic N) is 3. The molecule has 0 aliphatic carbocycles. The zero-order chi connectivity index (χ0) is 26.4. The summed E-state index contributed by atoms with van der Waals surface area (Å²) in [5, 5.41) is 3.56. The van der Waals surface area contributed by atoms with Gasteiger partial charge in [0.2, 0.25) is 0 Å². The lowest BCUT2D eigenvalue weighted by Gasteiger charge is -2.27. The van der Waals surface area contributed by atoms with Gasteiger partial charge in [-0.05, 0) is 37.3 Å². The van der Waals surface area contributed by atoms with Crippen molar-refractivity contribution in [2.45, 2.75) is 55.0 Å². The Morgan fingerprint density at radius 2 is 1.71 bits per heavy atom. The molecule has 1 aliphatic heterocycles. The number of benzene rings is 1. The van der Waals surface area contributed by atoms with Gasteiger partial charge in [-0.1, -0.05) is 53.1 Å². The Morgan fingerprint density at radius 3 is 2.24 bits per heavy atom. The van der Waals surface area contributed by atoms with Crippen LogP contribution in [-0.4, -0.2) is 54.3 Å². The van der Waals surface area contributed by atoms with Gasteiger partial charge >= 0.3 is 0 Å². The number of methoxy groups -OCH3 is 1. The van der Waals surface area contributed by atoms with Crippen molar-refractivity contribution in [1.29, 1.82) is 0 Å². The SMILES string of the molecule is CC.CC.CC.CCOC.O=c1c2cc(F)ccc2nc(CN2CCNCC2)n1/C=C/C=C/Cl. The smallest absolute Gasteiger partial charge is 0.265 e. The van der Waals surface area contributed by atoms with Gasteiger partial charge in [0.1, 0.15) is 11.6 Å². The van der Waals surface area contributed by atoms with Crippen molar-refractivity contribution < 1.29 is 9.13 Å². The van der Waals surface area contributed by atoms with E-state index in [-0.39, 0.29) is 10.9 Å². The fourth-order valence-corrected chi connectivity index (χ4v) is 2.81. The monoisotopic (exact) mass is 498 g/mol. The van der Waals surface area contributed by atoms with Gasteiger partial charge in [-0.25, -0.2) is 9.37 Å². The lowest BCUT2D eigenvalue weighted by molar-refractivity contribution is 0.215. The quantitative estimate of drug-likeness (QED) is 0.520. The van der Waals surface area contributed by atoms with E-state index in [1.54, 1.807) is 31.5 Å². The molecule has 0 bridgehead atoms. The van der Waals surface area contributed by atoms with E-state index in [4.69, 9.17) is 11.6 Å². The molecule has 2 aromatic rings. The maximum absolute atomic E-state index is 13.5. The van der Waals surface area contributed by atoms with E-state index in [0.717, 1.165) is 32.8 Å². The predicted molar refractivity (Wildman–Crippen MR) is 146 cm³/mol. The van der Waals surface area contributed by atoms with Crippen LogP contribution in [-0.2, 0) is 11.3 Å². The summed E-state index contributed by atoms with van der Waals surface area (Å²) >= 11 is 5.52. The predicted octanol–water partition coefficient (Wildman–Crippen LogP) is 5.90.